The van der Waals surface area contributed by atoms with Gasteiger partial charge in [0.05, 0.1) is 41.6 Å². The van der Waals surface area contributed by atoms with Crippen LogP contribution in [-0.4, -0.2) is 86.1 Å². The van der Waals surface area contributed by atoms with Gasteiger partial charge in [0.1, 0.15) is 5.82 Å². The zero-order valence-corrected chi connectivity index (χ0v) is 29.5. The summed E-state index contributed by atoms with van der Waals surface area (Å²) in [5.41, 5.74) is 6.85. The molecule has 3 N–H and O–H groups in total. The van der Waals surface area contributed by atoms with E-state index in [9.17, 15) is 14.7 Å². The van der Waals surface area contributed by atoms with Crippen molar-refractivity contribution in [3.05, 3.63) is 93.0 Å². The molecule has 5 heterocycles. The third-order valence-electron chi connectivity index (χ3n) is 10.7. The number of pyridine rings is 2. The van der Waals surface area contributed by atoms with E-state index in [4.69, 9.17) is 21.3 Å². The average Bonchev–Trinajstić information content (AvgIpc) is 3.83. The van der Waals surface area contributed by atoms with Crippen molar-refractivity contribution in [3.63, 3.8) is 0 Å². The van der Waals surface area contributed by atoms with Gasteiger partial charge < -0.3 is 25.4 Å². The van der Waals surface area contributed by atoms with Gasteiger partial charge in [-0.15, -0.1) is 0 Å². The maximum Gasteiger partial charge on any atom is 0.318 e. The molecule has 0 bridgehead atoms. The monoisotopic (exact) mass is 706 g/mol. The highest BCUT2D eigenvalue weighted by Gasteiger charge is 2.49. The number of rotatable bonds is 8. The van der Waals surface area contributed by atoms with Gasteiger partial charge in [-0.2, -0.15) is 5.10 Å². The van der Waals surface area contributed by atoms with Gasteiger partial charge in [0.15, 0.2) is 0 Å². The molecule has 1 spiro atoms. The second-order valence-corrected chi connectivity index (χ2v) is 14.1. The maximum atomic E-state index is 13.0. The highest BCUT2D eigenvalue weighted by Crippen LogP contribution is 2.46. The molecular weight excluding hydrogens is 668 g/mol. The van der Waals surface area contributed by atoms with E-state index in [1.165, 1.54) is 10.2 Å². The number of aromatic nitrogens is 4. The Bertz CT molecular complexity index is 2260. The van der Waals surface area contributed by atoms with E-state index in [2.05, 4.69) is 31.7 Å². The lowest BCUT2D eigenvalue weighted by molar-refractivity contribution is 0.193. The summed E-state index contributed by atoms with van der Waals surface area (Å²) < 4.78 is 7.26. The molecule has 3 aliphatic rings. The first-order valence-electron chi connectivity index (χ1n) is 17.2. The number of β-amino-alcohol motifs (C(OH)–C–C–N with tert-alkyl or cyclic N) is 1. The fourth-order valence-corrected chi connectivity index (χ4v) is 8.45. The van der Waals surface area contributed by atoms with Crippen LogP contribution >= 0.6 is 11.6 Å². The fraction of sp³-hybridized carbons (Fsp3) is 0.342. The van der Waals surface area contributed by atoms with Crippen LogP contribution in [0.5, 0.6) is 5.88 Å². The molecule has 2 amide bonds. The van der Waals surface area contributed by atoms with Crippen molar-refractivity contribution in [2.24, 2.45) is 7.05 Å². The number of halogens is 1. The molecule has 262 valence electrons. The van der Waals surface area contributed by atoms with E-state index in [-0.39, 0.29) is 29.8 Å². The molecule has 13 heteroatoms. The van der Waals surface area contributed by atoms with E-state index in [1.54, 1.807) is 37.5 Å². The number of carbonyl (C=O) groups excluding carboxylic acids is 1. The van der Waals surface area contributed by atoms with Crippen molar-refractivity contribution in [2.75, 3.05) is 45.2 Å². The lowest BCUT2D eigenvalue weighted by Gasteiger charge is -2.28. The van der Waals surface area contributed by atoms with Gasteiger partial charge >= 0.3 is 6.03 Å². The summed E-state index contributed by atoms with van der Waals surface area (Å²) in [5, 5.41) is 21.9. The zero-order chi connectivity index (χ0) is 35.4. The molecular formula is C38H39ClN8O4. The van der Waals surface area contributed by atoms with Gasteiger partial charge in [-0.1, -0.05) is 41.9 Å². The number of nitrogens with one attached hydrogen (secondary N) is 2. The normalized spacial score (nSPS) is 20.0. The van der Waals surface area contributed by atoms with Crippen molar-refractivity contribution in [2.45, 2.75) is 37.8 Å². The van der Waals surface area contributed by atoms with Crippen LogP contribution in [0.4, 0.5) is 16.3 Å². The predicted octanol–water partition coefficient (Wildman–Crippen LogP) is 5.22. The molecule has 0 saturated carbocycles. The Balaban J connectivity index is 1.09. The predicted molar refractivity (Wildman–Crippen MR) is 197 cm³/mol. The first-order chi connectivity index (χ1) is 24.7. The highest BCUT2D eigenvalue weighted by atomic mass is 35.5. The number of methoxy groups -OCH3 is 1. The molecule has 2 saturated heterocycles. The van der Waals surface area contributed by atoms with Gasteiger partial charge in [0.25, 0.3) is 5.56 Å². The summed E-state index contributed by atoms with van der Waals surface area (Å²) >= 11 is 7.25. The average molecular weight is 707 g/mol. The van der Waals surface area contributed by atoms with Crippen LogP contribution in [-0.2, 0) is 13.5 Å². The molecule has 2 aromatic carbocycles. The van der Waals surface area contributed by atoms with E-state index in [1.807, 2.05) is 43.3 Å². The molecule has 0 unspecified atom stereocenters. The molecule has 5 aromatic rings. The first kappa shape index (κ1) is 33.1. The number of hydrogen-bond acceptors (Lipinski definition) is 9. The molecule has 3 aromatic heterocycles. The summed E-state index contributed by atoms with van der Waals surface area (Å²) in [6.07, 6.45) is 5.99. The molecule has 2 aliphatic heterocycles. The van der Waals surface area contributed by atoms with Crippen LogP contribution in [0.25, 0.3) is 33.2 Å². The van der Waals surface area contributed by atoms with Crippen molar-refractivity contribution < 1.29 is 14.6 Å². The lowest BCUT2D eigenvalue weighted by atomic mass is 9.96. The summed E-state index contributed by atoms with van der Waals surface area (Å²) in [7, 11) is 3.28. The number of aryl methyl sites for hydroxylation is 2. The zero-order valence-electron chi connectivity index (χ0n) is 28.7. The summed E-state index contributed by atoms with van der Waals surface area (Å²) in [6.45, 7) is 4.51. The Kier molecular flexibility index (Phi) is 8.40. The smallest absolute Gasteiger partial charge is 0.318 e. The van der Waals surface area contributed by atoms with Crippen LogP contribution in [0.15, 0.2) is 65.7 Å². The molecule has 12 nitrogen and oxygen atoms in total. The van der Waals surface area contributed by atoms with E-state index < -0.39 is 0 Å². The third kappa shape index (κ3) is 5.67. The Morgan fingerprint density at radius 3 is 2.75 bits per heavy atom. The van der Waals surface area contributed by atoms with Crippen molar-refractivity contribution in [1.82, 2.24) is 34.9 Å². The number of nitrogens with zero attached hydrogens (tertiary/aromatic N) is 6. The number of ether oxygens (including phenoxy) is 1. The number of urea groups is 1. The Morgan fingerprint density at radius 2 is 1.92 bits per heavy atom. The quantitative estimate of drug-likeness (QED) is 0.198. The van der Waals surface area contributed by atoms with Gasteiger partial charge in [-0.25, -0.2) is 19.4 Å². The second-order valence-electron chi connectivity index (χ2n) is 13.7. The van der Waals surface area contributed by atoms with E-state index >= 15 is 0 Å². The molecule has 2 atom stereocenters. The highest BCUT2D eigenvalue weighted by molar-refractivity contribution is 6.36. The van der Waals surface area contributed by atoms with Crippen LogP contribution in [0.1, 0.15) is 35.6 Å². The van der Waals surface area contributed by atoms with Gasteiger partial charge in [0, 0.05) is 73.2 Å². The largest absolute Gasteiger partial charge is 0.481 e. The Morgan fingerprint density at radius 1 is 1.12 bits per heavy atom. The number of benzene rings is 2. The van der Waals surface area contributed by atoms with E-state index in [0.717, 1.165) is 71.6 Å². The standard InChI is InChI=1S/C38H39ClN8O4/c1-22-25(6-5-9-28(22)42-34-32-24(12-14-40-34)19-41-45(2)36(32)49)26-7-4-8-27(33(26)39)29-18-23-10-11-30(31(23)35(43-29)51-3)46-15-13-38(20-46)21-47(16-17-48)37(50)44-38/h4-9,12,14,18-19,30,48H,10-11,13,15-17,20-21H2,1-3H3,(H,40,42)(H,44,50)/t30-,38+/m0/s1. The first-order valence-corrected chi connectivity index (χ1v) is 17.5. The number of hydrogen-bond donors (Lipinski definition) is 3. The number of anilines is 2. The van der Waals surface area contributed by atoms with Crippen LogP contribution in [0.3, 0.4) is 0 Å². The summed E-state index contributed by atoms with van der Waals surface area (Å²) in [4.78, 5) is 39.2. The third-order valence-corrected chi connectivity index (χ3v) is 11.1. The van der Waals surface area contributed by atoms with Crippen molar-refractivity contribution in [3.8, 4) is 28.3 Å². The Hall–Kier alpha value is -5.04. The van der Waals surface area contributed by atoms with Gasteiger partial charge in [-0.3, -0.25) is 9.69 Å². The lowest BCUT2D eigenvalue weighted by Crippen LogP contribution is -2.46. The van der Waals surface area contributed by atoms with Crippen molar-refractivity contribution in [1.29, 1.82) is 0 Å². The Labute approximate surface area is 300 Å². The van der Waals surface area contributed by atoms with Crippen LogP contribution < -0.4 is 20.9 Å². The number of amides is 2. The second kappa shape index (κ2) is 12.9. The SMILES string of the molecule is COc1nc(-c2cccc(-c3cccc(Nc4nccc5cnn(C)c(=O)c45)c3C)c2Cl)cc2c1[C@@H](N1CC[C@]3(CN(CCO)C(=O)N3)C1)CC2. The van der Waals surface area contributed by atoms with Crippen molar-refractivity contribution >= 4 is 39.9 Å². The minimum Gasteiger partial charge on any atom is -0.481 e. The number of aliphatic hydroxyl groups excluding tert-OH is 1. The minimum atomic E-state index is -0.311. The molecule has 51 heavy (non-hydrogen) atoms. The molecule has 0 radical (unpaired) electrons. The summed E-state index contributed by atoms with van der Waals surface area (Å²) in [5.74, 6) is 1.06. The fourth-order valence-electron chi connectivity index (χ4n) is 8.12. The number of aliphatic hydroxyl groups is 1. The number of fused-ring (bicyclic) bond motifs is 2. The molecule has 1 aliphatic carbocycles. The summed E-state index contributed by atoms with van der Waals surface area (Å²) in [6, 6.07) is 15.9. The maximum absolute atomic E-state index is 13.0. The van der Waals surface area contributed by atoms with Gasteiger partial charge in [-0.05, 0) is 61.1 Å². The van der Waals surface area contributed by atoms with E-state index in [0.29, 0.717) is 40.6 Å². The van der Waals surface area contributed by atoms with Crippen LogP contribution in [0.2, 0.25) is 5.02 Å². The number of carbonyl (C=O) groups is 1. The molecule has 8 rings (SSSR count). The minimum absolute atomic E-state index is 0.0459. The molecule has 2 fully saturated rings. The number of likely N-dealkylation sites (tertiary alicyclic amines) is 1. The van der Waals surface area contributed by atoms with Gasteiger partial charge in [0.2, 0.25) is 5.88 Å². The topological polar surface area (TPSA) is 138 Å². The van der Waals surface area contributed by atoms with Crippen LogP contribution in [0, 0.1) is 6.92 Å².